The van der Waals surface area contributed by atoms with E-state index in [0.29, 0.717) is 6.42 Å². The number of unbranched alkanes of at least 4 members (excludes halogenated alkanes) is 14. The van der Waals surface area contributed by atoms with Crippen molar-refractivity contribution < 1.29 is 56.8 Å². The van der Waals surface area contributed by atoms with Crippen LogP contribution in [0.5, 0.6) is 0 Å². The third-order valence-electron chi connectivity index (χ3n) is 7.51. The second kappa shape index (κ2) is 23.9. The van der Waals surface area contributed by atoms with Crippen molar-refractivity contribution in [3.8, 4) is 0 Å². The molecule has 0 aliphatic carbocycles. The van der Waals surface area contributed by atoms with Crippen LogP contribution in [0, 0.1) is 0 Å². The average Bonchev–Trinajstić information content (AvgIpc) is 2.96. The molecule has 44 heavy (non-hydrogen) atoms. The van der Waals surface area contributed by atoms with Gasteiger partial charge in [0, 0.05) is 13.0 Å². The molecule has 1 aliphatic rings. The Bertz CT molecular complexity index is 874. The minimum absolute atomic E-state index is 0.0678. The second-order valence-electron chi connectivity index (χ2n) is 11.6. The number of nitrogens with two attached hydrogens (primary N) is 1. The van der Waals surface area contributed by atoms with E-state index < -0.39 is 71.2 Å². The Labute approximate surface area is 262 Å². The number of carbonyl (C=O) groups is 2. The maximum atomic E-state index is 12.0. The summed E-state index contributed by atoms with van der Waals surface area (Å²) >= 11 is 0. The van der Waals surface area contributed by atoms with Crippen LogP contribution in [-0.2, 0) is 38.7 Å². The lowest BCUT2D eigenvalue weighted by Gasteiger charge is -2.41. The lowest BCUT2D eigenvalue weighted by Crippen LogP contribution is -2.61. The fraction of sp³-hybridized carbons (Fsp3) is 0.933. The SMILES string of the molecule is CCCCCCCCCCCCCCCCCC(=O)OCC(O)CO[C@@H]1O[C@H](CS(=O)(=O)O)[C@@H](OC(=O)CCN)[C@H](O)[C@H]1O. The zero-order valence-electron chi connectivity index (χ0n) is 26.4. The Hall–Kier alpha value is -1.39. The first kappa shape index (κ1) is 40.6. The summed E-state index contributed by atoms with van der Waals surface area (Å²) in [7, 11) is -4.64. The third kappa shape index (κ3) is 19.2. The number of hydrogen-bond donors (Lipinski definition) is 5. The van der Waals surface area contributed by atoms with Crippen LogP contribution in [0.1, 0.15) is 116 Å². The summed E-state index contributed by atoms with van der Waals surface area (Å²) in [6, 6.07) is 0. The van der Waals surface area contributed by atoms with E-state index in [1.165, 1.54) is 70.6 Å². The molecule has 0 aromatic rings. The van der Waals surface area contributed by atoms with E-state index in [1.807, 2.05) is 0 Å². The van der Waals surface area contributed by atoms with Gasteiger partial charge in [0.2, 0.25) is 0 Å². The summed E-state index contributed by atoms with van der Waals surface area (Å²) in [5.41, 5.74) is 5.29. The predicted octanol–water partition coefficient (Wildman–Crippen LogP) is 2.76. The molecule has 0 radical (unpaired) electrons. The van der Waals surface area contributed by atoms with Crippen molar-refractivity contribution in [3.63, 3.8) is 0 Å². The van der Waals surface area contributed by atoms with Gasteiger partial charge >= 0.3 is 11.9 Å². The van der Waals surface area contributed by atoms with Gasteiger partial charge in [0.1, 0.15) is 36.8 Å². The molecule has 6 N–H and O–H groups in total. The maximum Gasteiger partial charge on any atom is 0.307 e. The molecule has 14 heteroatoms. The van der Waals surface area contributed by atoms with Gasteiger partial charge < -0.3 is 40.0 Å². The van der Waals surface area contributed by atoms with Gasteiger partial charge in [-0.25, -0.2) is 0 Å². The molecule has 6 atom stereocenters. The fourth-order valence-electron chi connectivity index (χ4n) is 5.02. The molecule has 0 aromatic heterocycles. The van der Waals surface area contributed by atoms with Crippen LogP contribution < -0.4 is 5.73 Å². The Morgan fingerprint density at radius 1 is 0.795 bits per heavy atom. The predicted molar refractivity (Wildman–Crippen MR) is 163 cm³/mol. The van der Waals surface area contributed by atoms with Crippen molar-refractivity contribution in [1.82, 2.24) is 0 Å². The van der Waals surface area contributed by atoms with Gasteiger partial charge in [0.05, 0.1) is 13.0 Å². The maximum absolute atomic E-state index is 12.0. The van der Waals surface area contributed by atoms with Gasteiger partial charge in [-0.15, -0.1) is 0 Å². The Morgan fingerprint density at radius 3 is 1.82 bits per heavy atom. The standard InChI is InChI=1S/C30H57NO12S/c1-2-3-4-5-6-7-8-9-10-11-12-13-14-15-16-17-25(33)40-20-23(32)21-41-30-28(36)27(35)29(43-26(34)18-19-31)24(42-30)22-44(37,38)39/h23-24,27-30,32,35-36H,2-22,31H2,1H3,(H,37,38,39)/t23?,24-,27-,28-,29-,30-/m1/s1. The highest BCUT2D eigenvalue weighted by Crippen LogP contribution is 2.26. The van der Waals surface area contributed by atoms with E-state index in [2.05, 4.69) is 6.92 Å². The lowest BCUT2D eigenvalue weighted by atomic mass is 9.99. The van der Waals surface area contributed by atoms with Crippen LogP contribution >= 0.6 is 0 Å². The number of rotatable bonds is 26. The number of hydrogen-bond acceptors (Lipinski definition) is 12. The summed E-state index contributed by atoms with van der Waals surface area (Å²) in [5.74, 6) is -2.39. The average molecular weight is 656 g/mol. The normalized spacial score (nSPS) is 22.9. The Kier molecular flexibility index (Phi) is 22.0. The van der Waals surface area contributed by atoms with Crippen molar-refractivity contribution in [3.05, 3.63) is 0 Å². The van der Waals surface area contributed by atoms with E-state index in [-0.39, 0.29) is 26.0 Å². The van der Waals surface area contributed by atoms with E-state index in [4.69, 9.17) is 24.7 Å². The highest BCUT2D eigenvalue weighted by molar-refractivity contribution is 7.85. The molecule has 1 saturated heterocycles. The fourth-order valence-corrected chi connectivity index (χ4v) is 5.70. The first-order chi connectivity index (χ1) is 21.0. The summed E-state index contributed by atoms with van der Waals surface area (Å²) in [6.45, 7) is 1.30. The minimum Gasteiger partial charge on any atom is -0.463 e. The van der Waals surface area contributed by atoms with Crippen LogP contribution in [0.15, 0.2) is 0 Å². The van der Waals surface area contributed by atoms with Gasteiger partial charge in [-0.3, -0.25) is 14.1 Å². The molecular formula is C30H57NO12S. The van der Waals surface area contributed by atoms with Crippen molar-refractivity contribution in [2.24, 2.45) is 5.73 Å². The molecule has 260 valence electrons. The molecule has 1 unspecified atom stereocenters. The Morgan fingerprint density at radius 2 is 1.32 bits per heavy atom. The molecule has 1 heterocycles. The lowest BCUT2D eigenvalue weighted by molar-refractivity contribution is -0.299. The largest absolute Gasteiger partial charge is 0.463 e. The third-order valence-corrected chi connectivity index (χ3v) is 8.26. The van der Waals surface area contributed by atoms with Crippen LogP contribution in [0.25, 0.3) is 0 Å². The van der Waals surface area contributed by atoms with Crippen LogP contribution in [0.4, 0.5) is 0 Å². The summed E-state index contributed by atoms with van der Waals surface area (Å²) in [5, 5.41) is 31.0. The van der Waals surface area contributed by atoms with Gasteiger partial charge in [-0.1, -0.05) is 96.8 Å². The van der Waals surface area contributed by atoms with Crippen LogP contribution in [0.2, 0.25) is 0 Å². The van der Waals surface area contributed by atoms with Crippen molar-refractivity contribution >= 4 is 22.1 Å². The van der Waals surface area contributed by atoms with E-state index >= 15 is 0 Å². The van der Waals surface area contributed by atoms with E-state index in [1.54, 1.807) is 0 Å². The second-order valence-corrected chi connectivity index (χ2v) is 13.1. The summed E-state index contributed by atoms with van der Waals surface area (Å²) < 4.78 is 52.8. The zero-order chi connectivity index (χ0) is 32.8. The van der Waals surface area contributed by atoms with Crippen LogP contribution in [0.3, 0.4) is 0 Å². The van der Waals surface area contributed by atoms with Crippen molar-refractivity contribution in [2.45, 2.75) is 153 Å². The first-order valence-electron chi connectivity index (χ1n) is 16.3. The van der Waals surface area contributed by atoms with Gasteiger partial charge in [-0.2, -0.15) is 8.42 Å². The van der Waals surface area contributed by atoms with Gasteiger partial charge in [0.15, 0.2) is 12.4 Å². The highest BCUT2D eigenvalue weighted by atomic mass is 32.2. The number of carbonyl (C=O) groups excluding carboxylic acids is 2. The molecule has 0 amide bonds. The minimum atomic E-state index is -4.64. The van der Waals surface area contributed by atoms with E-state index in [9.17, 15) is 37.9 Å². The molecule has 1 fully saturated rings. The zero-order valence-corrected chi connectivity index (χ0v) is 27.2. The Balaban J connectivity index is 2.21. The molecule has 0 aromatic carbocycles. The molecule has 0 bridgehead atoms. The molecule has 0 spiro atoms. The van der Waals surface area contributed by atoms with E-state index in [0.717, 1.165) is 19.3 Å². The topological polar surface area (TPSA) is 212 Å². The number of aliphatic hydroxyl groups is 3. The quantitative estimate of drug-likeness (QED) is 0.0516. The molecule has 1 aliphatic heterocycles. The molecule has 0 saturated carbocycles. The molecule has 1 rings (SSSR count). The van der Waals surface area contributed by atoms with Gasteiger partial charge in [0.25, 0.3) is 10.1 Å². The summed E-state index contributed by atoms with van der Waals surface area (Å²) in [6.07, 6.45) is 8.54. The molecule has 13 nitrogen and oxygen atoms in total. The number of aliphatic hydroxyl groups excluding tert-OH is 3. The van der Waals surface area contributed by atoms with Crippen molar-refractivity contribution in [1.29, 1.82) is 0 Å². The first-order valence-corrected chi connectivity index (χ1v) is 17.9. The highest BCUT2D eigenvalue weighted by Gasteiger charge is 2.48. The summed E-state index contributed by atoms with van der Waals surface area (Å²) in [4.78, 5) is 23.9. The van der Waals surface area contributed by atoms with Crippen LogP contribution in [-0.4, -0.2) is 103 Å². The number of esters is 2. The monoisotopic (exact) mass is 655 g/mol. The van der Waals surface area contributed by atoms with Gasteiger partial charge in [-0.05, 0) is 6.42 Å². The smallest absolute Gasteiger partial charge is 0.307 e. The molecular weight excluding hydrogens is 598 g/mol. The van der Waals surface area contributed by atoms with Crippen molar-refractivity contribution in [2.75, 3.05) is 25.5 Å². The number of ether oxygens (including phenoxy) is 4.